The van der Waals surface area contributed by atoms with Crippen LogP contribution in [0.25, 0.3) is 11.3 Å². The number of aromatic nitrogens is 3. The summed E-state index contributed by atoms with van der Waals surface area (Å²) in [6, 6.07) is 13.0. The number of benzene rings is 2. The molecule has 8 nitrogen and oxygen atoms in total. The zero-order chi connectivity index (χ0) is 24.1. The van der Waals surface area contributed by atoms with E-state index >= 15 is 0 Å². The summed E-state index contributed by atoms with van der Waals surface area (Å²) in [5.41, 5.74) is 2.59. The molecular formula is C25H28N4O4S. The van der Waals surface area contributed by atoms with Crippen LogP contribution in [0.5, 0.6) is 17.4 Å². The Bertz CT molecular complexity index is 1170. The third kappa shape index (κ3) is 4.65. The van der Waals surface area contributed by atoms with E-state index in [-0.39, 0.29) is 5.91 Å². The van der Waals surface area contributed by atoms with E-state index in [2.05, 4.69) is 17.1 Å². The second-order valence-electron chi connectivity index (χ2n) is 7.66. The average Bonchev–Trinajstić information content (AvgIpc) is 3.02. The molecule has 0 fully saturated rings. The van der Waals surface area contributed by atoms with Gasteiger partial charge in [-0.1, -0.05) is 50.2 Å². The first-order valence-electron chi connectivity index (χ1n) is 11.3. The van der Waals surface area contributed by atoms with E-state index < -0.39 is 6.23 Å². The Labute approximate surface area is 203 Å². The van der Waals surface area contributed by atoms with Crippen molar-refractivity contribution in [2.45, 2.75) is 44.5 Å². The van der Waals surface area contributed by atoms with E-state index in [0.29, 0.717) is 45.9 Å². The molecule has 0 saturated heterocycles. The number of carbonyl (C=O) groups is 1. The summed E-state index contributed by atoms with van der Waals surface area (Å²) in [4.78, 5) is 19.6. The minimum absolute atomic E-state index is 0.103. The minimum Gasteiger partial charge on any atom is -0.497 e. The number of amides is 1. The van der Waals surface area contributed by atoms with Gasteiger partial charge < -0.3 is 14.2 Å². The number of hydrogen-bond donors (Lipinski definition) is 0. The summed E-state index contributed by atoms with van der Waals surface area (Å²) in [6.07, 6.45) is 1.61. The largest absolute Gasteiger partial charge is 0.497 e. The van der Waals surface area contributed by atoms with Crippen LogP contribution in [-0.2, 0) is 4.79 Å². The lowest BCUT2D eigenvalue weighted by Gasteiger charge is -2.31. The molecule has 0 unspecified atom stereocenters. The number of anilines is 1. The molecule has 2 heterocycles. The number of nitrogens with zero attached hydrogens (tertiary/aromatic N) is 4. The third-order valence-corrected chi connectivity index (χ3v) is 6.44. The Balaban J connectivity index is 1.89. The summed E-state index contributed by atoms with van der Waals surface area (Å²) >= 11 is 1.54. The van der Waals surface area contributed by atoms with E-state index in [1.807, 2.05) is 43.3 Å². The second-order valence-corrected chi connectivity index (χ2v) is 8.72. The summed E-state index contributed by atoms with van der Waals surface area (Å²) in [6.45, 7) is 3.97. The van der Waals surface area contributed by atoms with E-state index in [9.17, 15) is 4.79 Å². The Morgan fingerprint density at radius 2 is 1.94 bits per heavy atom. The molecule has 1 aliphatic heterocycles. The smallest absolute Gasteiger partial charge is 0.247 e. The monoisotopic (exact) mass is 480 g/mol. The van der Waals surface area contributed by atoms with Gasteiger partial charge >= 0.3 is 0 Å². The molecule has 0 saturated carbocycles. The number of hydrogen-bond acceptors (Lipinski definition) is 8. The van der Waals surface area contributed by atoms with Crippen LogP contribution >= 0.6 is 11.8 Å². The zero-order valence-electron chi connectivity index (χ0n) is 19.8. The maximum absolute atomic E-state index is 13.3. The van der Waals surface area contributed by atoms with Gasteiger partial charge in [-0.05, 0) is 24.6 Å². The van der Waals surface area contributed by atoms with Gasteiger partial charge in [0.2, 0.25) is 23.2 Å². The topological polar surface area (TPSA) is 86.7 Å². The van der Waals surface area contributed by atoms with Crippen molar-refractivity contribution in [2.24, 2.45) is 0 Å². The SMILES string of the molecule is CCCCSc1nnc2c(n1)O[C@H](c1ccc(OC)cc1OC)N(C(=O)CC)c1ccccc1-2. The van der Waals surface area contributed by atoms with Crippen LogP contribution in [0.1, 0.15) is 44.9 Å². The highest BCUT2D eigenvalue weighted by atomic mass is 32.2. The number of thioether (sulfide) groups is 1. The van der Waals surface area contributed by atoms with Crippen molar-refractivity contribution in [1.29, 1.82) is 0 Å². The van der Waals surface area contributed by atoms with Gasteiger partial charge in [0.1, 0.15) is 11.5 Å². The molecule has 3 aromatic rings. The van der Waals surface area contributed by atoms with E-state index in [0.717, 1.165) is 24.2 Å². The molecule has 178 valence electrons. The molecule has 0 N–H and O–H groups in total. The van der Waals surface area contributed by atoms with Gasteiger partial charge in [-0.25, -0.2) is 0 Å². The number of carbonyl (C=O) groups excluding carboxylic acids is 1. The molecule has 1 amide bonds. The third-order valence-electron chi connectivity index (χ3n) is 5.52. The first-order valence-corrected chi connectivity index (χ1v) is 12.3. The van der Waals surface area contributed by atoms with Crippen LogP contribution in [0.3, 0.4) is 0 Å². The fourth-order valence-electron chi connectivity index (χ4n) is 3.75. The van der Waals surface area contributed by atoms with Crippen LogP contribution in [0, 0.1) is 0 Å². The first kappa shape index (κ1) is 23.8. The molecule has 0 aliphatic carbocycles. The molecule has 9 heteroatoms. The average molecular weight is 481 g/mol. The summed E-state index contributed by atoms with van der Waals surface area (Å²) in [5.74, 6) is 2.30. The molecule has 2 aromatic carbocycles. The number of para-hydroxylation sites is 1. The van der Waals surface area contributed by atoms with Crippen molar-refractivity contribution in [3.8, 4) is 28.6 Å². The van der Waals surface area contributed by atoms with Gasteiger partial charge in [-0.15, -0.1) is 10.2 Å². The molecule has 0 spiro atoms. The zero-order valence-corrected chi connectivity index (χ0v) is 20.6. The van der Waals surface area contributed by atoms with E-state index in [4.69, 9.17) is 19.2 Å². The van der Waals surface area contributed by atoms with Gasteiger partial charge in [0, 0.05) is 23.8 Å². The molecule has 1 aromatic heterocycles. The number of unbranched alkanes of at least 4 members (excludes halogenated alkanes) is 1. The Morgan fingerprint density at radius 1 is 1.12 bits per heavy atom. The van der Waals surface area contributed by atoms with Crippen molar-refractivity contribution in [1.82, 2.24) is 15.2 Å². The Hall–Kier alpha value is -3.33. The molecule has 0 bridgehead atoms. The van der Waals surface area contributed by atoms with Crippen molar-refractivity contribution in [3.05, 3.63) is 48.0 Å². The second kappa shape index (κ2) is 10.7. The van der Waals surface area contributed by atoms with Crippen molar-refractivity contribution in [3.63, 3.8) is 0 Å². The summed E-state index contributed by atoms with van der Waals surface area (Å²) < 4.78 is 17.5. The normalized spacial score (nSPS) is 14.5. The van der Waals surface area contributed by atoms with Crippen LogP contribution < -0.4 is 19.1 Å². The van der Waals surface area contributed by atoms with Gasteiger partial charge in [0.05, 0.1) is 25.5 Å². The molecule has 1 atom stereocenters. The van der Waals surface area contributed by atoms with Gasteiger partial charge in [-0.2, -0.15) is 4.98 Å². The van der Waals surface area contributed by atoms with Crippen molar-refractivity contribution >= 4 is 23.4 Å². The maximum Gasteiger partial charge on any atom is 0.247 e. The van der Waals surface area contributed by atoms with Gasteiger partial charge in [0.25, 0.3) is 0 Å². The van der Waals surface area contributed by atoms with Crippen LogP contribution in [0.2, 0.25) is 0 Å². The molecule has 34 heavy (non-hydrogen) atoms. The van der Waals surface area contributed by atoms with Crippen molar-refractivity contribution in [2.75, 3.05) is 24.9 Å². The van der Waals surface area contributed by atoms with Gasteiger partial charge in [0.15, 0.2) is 5.69 Å². The predicted molar refractivity (Wildman–Crippen MR) is 132 cm³/mol. The number of methoxy groups -OCH3 is 2. The van der Waals surface area contributed by atoms with Crippen molar-refractivity contribution < 1.29 is 19.0 Å². The first-order chi connectivity index (χ1) is 16.6. The van der Waals surface area contributed by atoms with E-state index in [1.54, 1.807) is 36.9 Å². The highest BCUT2D eigenvalue weighted by Crippen LogP contribution is 2.45. The molecule has 1 aliphatic rings. The quantitative estimate of drug-likeness (QED) is 0.318. The van der Waals surface area contributed by atoms with Crippen LogP contribution in [0.15, 0.2) is 47.6 Å². The fourth-order valence-corrected chi connectivity index (χ4v) is 4.61. The number of fused-ring (bicyclic) bond motifs is 3. The predicted octanol–water partition coefficient (Wildman–Crippen LogP) is 5.28. The number of ether oxygens (including phenoxy) is 3. The lowest BCUT2D eigenvalue weighted by molar-refractivity contribution is -0.120. The highest BCUT2D eigenvalue weighted by Gasteiger charge is 2.36. The van der Waals surface area contributed by atoms with Crippen LogP contribution in [0.4, 0.5) is 5.69 Å². The Morgan fingerprint density at radius 3 is 2.68 bits per heavy atom. The standard InChI is InChI=1S/C25H28N4O4S/c1-5-7-14-34-25-26-23-22(27-28-25)17-10-8-9-11-19(17)29(21(30)6-2)24(33-23)18-13-12-16(31-3)15-20(18)32-4/h8-13,15,24H,5-7,14H2,1-4H3/t24-/m1/s1. The molecule has 0 radical (unpaired) electrons. The van der Waals surface area contributed by atoms with Crippen LogP contribution in [-0.4, -0.2) is 41.1 Å². The summed E-state index contributed by atoms with van der Waals surface area (Å²) in [7, 11) is 3.17. The summed E-state index contributed by atoms with van der Waals surface area (Å²) in [5, 5.41) is 9.34. The number of rotatable bonds is 8. The van der Waals surface area contributed by atoms with Gasteiger partial charge in [-0.3, -0.25) is 9.69 Å². The Kier molecular flexibility index (Phi) is 7.52. The molecular weight excluding hydrogens is 452 g/mol. The molecule has 4 rings (SSSR count). The fraction of sp³-hybridized carbons (Fsp3) is 0.360. The maximum atomic E-state index is 13.3. The lowest BCUT2D eigenvalue weighted by atomic mass is 10.1. The lowest BCUT2D eigenvalue weighted by Crippen LogP contribution is -2.37. The minimum atomic E-state index is -0.819. The highest BCUT2D eigenvalue weighted by molar-refractivity contribution is 7.99. The van der Waals surface area contributed by atoms with E-state index in [1.165, 1.54) is 0 Å².